The molecule has 0 aliphatic heterocycles. The van der Waals surface area contributed by atoms with E-state index in [4.69, 9.17) is 21.8 Å². The fraction of sp³-hybridized carbons (Fsp3) is 0.389. The average Bonchev–Trinajstić information content (AvgIpc) is 3.21. The van der Waals surface area contributed by atoms with Gasteiger partial charge in [0.05, 0.1) is 11.8 Å². The van der Waals surface area contributed by atoms with Crippen LogP contribution in [-0.4, -0.2) is 32.7 Å². The number of aromatic nitrogens is 3. The lowest BCUT2D eigenvalue weighted by molar-refractivity contribution is 0.229. The van der Waals surface area contributed by atoms with E-state index in [0.29, 0.717) is 28.6 Å². The van der Waals surface area contributed by atoms with Crippen molar-refractivity contribution < 1.29 is 9.52 Å². The number of aryl methyl sites for hydroxylation is 1. The summed E-state index contributed by atoms with van der Waals surface area (Å²) in [6.45, 7) is 2.18. The summed E-state index contributed by atoms with van der Waals surface area (Å²) in [5, 5.41) is 14.0. The molecule has 0 radical (unpaired) electrons. The second-order valence-electron chi connectivity index (χ2n) is 6.78. The van der Waals surface area contributed by atoms with Gasteiger partial charge in [0.1, 0.15) is 16.7 Å². The van der Waals surface area contributed by atoms with Crippen molar-refractivity contribution in [1.29, 1.82) is 0 Å². The molecule has 7 nitrogen and oxygen atoms in total. The summed E-state index contributed by atoms with van der Waals surface area (Å²) in [5.74, 6) is 1.54. The number of nitrogens with two attached hydrogens (primary N) is 1. The number of nitrogen functional groups attached to an aromatic ring is 1. The van der Waals surface area contributed by atoms with Gasteiger partial charge in [0, 0.05) is 24.2 Å². The van der Waals surface area contributed by atoms with Crippen LogP contribution in [0.1, 0.15) is 24.8 Å². The van der Waals surface area contributed by atoms with Crippen LogP contribution in [0, 0.1) is 12.8 Å². The Bertz CT molecular complexity index is 958. The lowest BCUT2D eigenvalue weighted by atomic mass is 10.1. The van der Waals surface area contributed by atoms with Crippen molar-refractivity contribution in [2.75, 3.05) is 17.7 Å². The summed E-state index contributed by atoms with van der Waals surface area (Å²) in [7, 11) is 0. The summed E-state index contributed by atoms with van der Waals surface area (Å²) < 4.78 is 5.96. The highest BCUT2D eigenvalue weighted by Crippen LogP contribution is 2.38. The zero-order chi connectivity index (χ0) is 18.3. The lowest BCUT2D eigenvalue weighted by Crippen LogP contribution is -2.18. The maximum Gasteiger partial charge on any atom is 0.223 e. The van der Waals surface area contributed by atoms with E-state index in [1.165, 1.54) is 0 Å². The van der Waals surface area contributed by atoms with Gasteiger partial charge in [-0.1, -0.05) is 11.6 Å². The monoisotopic (exact) mass is 373 g/mol. The van der Waals surface area contributed by atoms with E-state index in [1.807, 2.05) is 13.0 Å². The first-order valence-electron chi connectivity index (χ1n) is 8.60. The van der Waals surface area contributed by atoms with Crippen LogP contribution in [0.4, 0.5) is 11.8 Å². The summed E-state index contributed by atoms with van der Waals surface area (Å²) in [5.41, 5.74) is 8.09. The number of halogens is 1. The van der Waals surface area contributed by atoms with Gasteiger partial charge in [0.15, 0.2) is 5.58 Å². The van der Waals surface area contributed by atoms with Crippen LogP contribution in [0.5, 0.6) is 0 Å². The molecule has 0 amide bonds. The van der Waals surface area contributed by atoms with Crippen molar-refractivity contribution in [3.63, 3.8) is 0 Å². The normalized spacial score (nSPS) is 20.0. The van der Waals surface area contributed by atoms with Crippen molar-refractivity contribution in [2.24, 2.45) is 5.92 Å². The molecule has 26 heavy (non-hydrogen) atoms. The van der Waals surface area contributed by atoms with Crippen LogP contribution in [0.25, 0.3) is 22.3 Å². The SMILES string of the molecule is Cc1cncc2oc(-c3c(Cl)nc(N)nc3NC3CCC(CO)C3)cc12. The Morgan fingerprint density at radius 2 is 2.19 bits per heavy atom. The molecule has 3 heterocycles. The molecule has 1 aliphatic carbocycles. The molecule has 1 fully saturated rings. The number of fused-ring (bicyclic) bond motifs is 1. The van der Waals surface area contributed by atoms with Crippen molar-refractivity contribution in [3.05, 3.63) is 29.2 Å². The zero-order valence-corrected chi connectivity index (χ0v) is 15.1. The molecule has 0 aromatic carbocycles. The van der Waals surface area contributed by atoms with Gasteiger partial charge in [-0.2, -0.15) is 4.98 Å². The second kappa shape index (κ2) is 6.74. The molecule has 3 aromatic rings. The van der Waals surface area contributed by atoms with Crippen LogP contribution >= 0.6 is 11.6 Å². The van der Waals surface area contributed by atoms with Gasteiger partial charge in [-0.25, -0.2) is 4.98 Å². The van der Waals surface area contributed by atoms with Crippen LogP contribution in [0.3, 0.4) is 0 Å². The number of rotatable bonds is 4. The van der Waals surface area contributed by atoms with E-state index in [1.54, 1.807) is 12.4 Å². The number of aliphatic hydroxyl groups is 1. The first kappa shape index (κ1) is 17.1. The molecule has 2 atom stereocenters. The third kappa shape index (κ3) is 3.08. The maximum absolute atomic E-state index is 9.36. The highest BCUT2D eigenvalue weighted by molar-refractivity contribution is 6.32. The minimum absolute atomic E-state index is 0.104. The Labute approximate surface area is 155 Å². The standard InChI is InChI=1S/C18H20ClN5O2/c1-9-6-21-7-14-12(9)5-13(26-14)15-16(19)23-18(20)24-17(15)22-11-3-2-10(4-11)8-25/h5-7,10-11,25H,2-4,8H2,1H3,(H3,20,22,23,24). The van der Waals surface area contributed by atoms with Crippen molar-refractivity contribution >= 4 is 34.3 Å². The van der Waals surface area contributed by atoms with Gasteiger partial charge in [-0.05, 0) is 43.7 Å². The van der Waals surface area contributed by atoms with E-state index in [9.17, 15) is 5.11 Å². The van der Waals surface area contributed by atoms with Gasteiger partial charge in [-0.3, -0.25) is 4.98 Å². The molecule has 0 bridgehead atoms. The van der Waals surface area contributed by atoms with Crippen LogP contribution in [0.15, 0.2) is 22.9 Å². The molecule has 4 N–H and O–H groups in total. The minimum Gasteiger partial charge on any atom is -0.454 e. The van der Waals surface area contributed by atoms with Gasteiger partial charge in [-0.15, -0.1) is 0 Å². The van der Waals surface area contributed by atoms with Crippen LogP contribution in [-0.2, 0) is 0 Å². The Kier molecular flexibility index (Phi) is 4.42. The van der Waals surface area contributed by atoms with Crippen LogP contribution in [0.2, 0.25) is 5.15 Å². The minimum atomic E-state index is 0.104. The Morgan fingerprint density at radius 1 is 1.35 bits per heavy atom. The third-order valence-electron chi connectivity index (χ3n) is 4.91. The molecule has 1 saturated carbocycles. The van der Waals surface area contributed by atoms with E-state index in [-0.39, 0.29) is 23.8 Å². The van der Waals surface area contributed by atoms with Gasteiger partial charge >= 0.3 is 0 Å². The fourth-order valence-electron chi connectivity index (χ4n) is 3.56. The van der Waals surface area contributed by atoms with Gasteiger partial charge < -0.3 is 20.6 Å². The quantitative estimate of drug-likeness (QED) is 0.601. The molecule has 136 valence electrons. The smallest absolute Gasteiger partial charge is 0.223 e. The molecule has 0 saturated heterocycles. The topological polar surface area (TPSA) is 110 Å². The van der Waals surface area contributed by atoms with E-state index in [0.717, 1.165) is 30.2 Å². The number of nitrogens with zero attached hydrogens (tertiary/aromatic N) is 3. The number of nitrogens with one attached hydrogen (secondary N) is 1. The molecule has 8 heteroatoms. The summed E-state index contributed by atoms with van der Waals surface area (Å²) >= 11 is 6.39. The largest absolute Gasteiger partial charge is 0.454 e. The Hall–Kier alpha value is -2.38. The van der Waals surface area contributed by atoms with Crippen LogP contribution < -0.4 is 11.1 Å². The lowest BCUT2D eigenvalue weighted by Gasteiger charge is -2.16. The highest BCUT2D eigenvalue weighted by Gasteiger charge is 2.27. The van der Waals surface area contributed by atoms with Crippen molar-refractivity contribution in [1.82, 2.24) is 15.0 Å². The molecule has 3 aromatic heterocycles. The Balaban J connectivity index is 1.76. The predicted molar refractivity (Wildman–Crippen MR) is 101 cm³/mol. The van der Waals surface area contributed by atoms with Crippen molar-refractivity contribution in [2.45, 2.75) is 32.2 Å². The molecule has 1 aliphatic rings. The van der Waals surface area contributed by atoms with Gasteiger partial charge in [0.2, 0.25) is 5.95 Å². The highest BCUT2D eigenvalue weighted by atomic mass is 35.5. The summed E-state index contributed by atoms with van der Waals surface area (Å²) in [6.07, 6.45) is 6.27. The molecule has 0 spiro atoms. The zero-order valence-electron chi connectivity index (χ0n) is 14.4. The number of hydrogen-bond acceptors (Lipinski definition) is 7. The van der Waals surface area contributed by atoms with Gasteiger partial charge in [0.25, 0.3) is 0 Å². The number of hydrogen-bond donors (Lipinski definition) is 3. The van der Waals surface area contributed by atoms with Crippen molar-refractivity contribution in [3.8, 4) is 11.3 Å². The maximum atomic E-state index is 9.36. The summed E-state index contributed by atoms with van der Waals surface area (Å²) in [4.78, 5) is 12.6. The fourth-order valence-corrected chi connectivity index (χ4v) is 3.83. The molecule has 4 rings (SSSR count). The second-order valence-corrected chi connectivity index (χ2v) is 7.14. The molecular weight excluding hydrogens is 354 g/mol. The number of furan rings is 1. The molecular formula is C18H20ClN5O2. The third-order valence-corrected chi connectivity index (χ3v) is 5.19. The first-order valence-corrected chi connectivity index (χ1v) is 8.98. The first-order chi connectivity index (χ1) is 12.5. The predicted octanol–water partition coefficient (Wildman–Crippen LogP) is 3.40. The molecule has 2 unspecified atom stereocenters. The Morgan fingerprint density at radius 3 is 2.92 bits per heavy atom. The van der Waals surface area contributed by atoms with E-state index in [2.05, 4.69) is 20.3 Å². The number of aliphatic hydroxyl groups excluding tert-OH is 1. The number of pyridine rings is 1. The summed E-state index contributed by atoms with van der Waals surface area (Å²) in [6, 6.07) is 2.12. The number of anilines is 2. The van der Waals surface area contributed by atoms with E-state index < -0.39 is 0 Å². The average molecular weight is 374 g/mol. The van der Waals surface area contributed by atoms with E-state index >= 15 is 0 Å².